The zero-order valence-electron chi connectivity index (χ0n) is 10.8. The molecular weight excluding hydrogens is 280 g/mol. The van der Waals surface area contributed by atoms with Crippen LogP contribution >= 0.6 is 11.6 Å². The molecule has 106 valence electrons. The molecule has 0 aromatic heterocycles. The number of nitrogens with one attached hydrogen (secondary N) is 1. The summed E-state index contributed by atoms with van der Waals surface area (Å²) in [6, 6.07) is 7.08. The van der Waals surface area contributed by atoms with Crippen LogP contribution in [-0.4, -0.2) is 42.1 Å². The maximum atomic E-state index is 11.9. The van der Waals surface area contributed by atoms with Crippen molar-refractivity contribution in [2.45, 2.75) is 25.0 Å². The zero-order valence-corrected chi connectivity index (χ0v) is 11.6. The van der Waals surface area contributed by atoms with Crippen molar-refractivity contribution in [1.29, 1.82) is 0 Å². The first-order valence-electron chi connectivity index (χ1n) is 6.64. The van der Waals surface area contributed by atoms with Gasteiger partial charge in [0.1, 0.15) is 6.10 Å². The Balaban J connectivity index is 1.52. The number of ether oxygens (including phenoxy) is 1. The van der Waals surface area contributed by atoms with Crippen molar-refractivity contribution < 1.29 is 14.3 Å². The molecular formula is C14H15ClN2O3. The van der Waals surface area contributed by atoms with E-state index >= 15 is 0 Å². The highest BCUT2D eigenvalue weighted by atomic mass is 35.5. The number of carbonyl (C=O) groups is 2. The molecule has 0 radical (unpaired) electrons. The van der Waals surface area contributed by atoms with Gasteiger partial charge in [-0.25, -0.2) is 4.79 Å². The summed E-state index contributed by atoms with van der Waals surface area (Å²) in [7, 11) is 0. The Hall–Kier alpha value is -1.75. The van der Waals surface area contributed by atoms with E-state index in [0.29, 0.717) is 29.7 Å². The Morgan fingerprint density at radius 2 is 2.25 bits per heavy atom. The van der Waals surface area contributed by atoms with E-state index in [1.807, 2.05) is 0 Å². The van der Waals surface area contributed by atoms with E-state index in [2.05, 4.69) is 5.32 Å². The predicted octanol–water partition coefficient (Wildman–Crippen LogP) is 2.05. The van der Waals surface area contributed by atoms with Crippen LogP contribution in [0.1, 0.15) is 23.2 Å². The summed E-state index contributed by atoms with van der Waals surface area (Å²) >= 11 is 5.84. The van der Waals surface area contributed by atoms with Gasteiger partial charge in [-0.3, -0.25) is 4.79 Å². The van der Waals surface area contributed by atoms with Crippen molar-refractivity contribution >= 4 is 23.6 Å². The molecule has 1 aromatic rings. The number of nitrogens with zero attached hydrogens (tertiary/aromatic N) is 1. The molecule has 2 amide bonds. The molecule has 6 heteroatoms. The van der Waals surface area contributed by atoms with Crippen LogP contribution in [0.3, 0.4) is 0 Å². The molecule has 1 unspecified atom stereocenters. The highest BCUT2D eigenvalue weighted by molar-refractivity contribution is 6.30. The van der Waals surface area contributed by atoms with Gasteiger partial charge in [0.25, 0.3) is 5.91 Å². The number of halogens is 1. The summed E-state index contributed by atoms with van der Waals surface area (Å²) < 4.78 is 5.23. The van der Waals surface area contributed by atoms with Gasteiger partial charge in [-0.05, 0) is 31.0 Å². The Bertz CT molecular complexity index is 545. The maximum Gasteiger partial charge on any atom is 0.410 e. The van der Waals surface area contributed by atoms with E-state index in [1.54, 1.807) is 29.2 Å². The fourth-order valence-electron chi connectivity index (χ4n) is 2.27. The van der Waals surface area contributed by atoms with Gasteiger partial charge in [-0.15, -0.1) is 0 Å². The highest BCUT2D eigenvalue weighted by Crippen LogP contribution is 2.30. The Morgan fingerprint density at radius 3 is 2.95 bits per heavy atom. The van der Waals surface area contributed by atoms with E-state index in [-0.39, 0.29) is 18.1 Å². The van der Waals surface area contributed by atoms with Gasteiger partial charge < -0.3 is 15.0 Å². The minimum atomic E-state index is -0.272. The van der Waals surface area contributed by atoms with E-state index in [9.17, 15) is 9.59 Å². The van der Waals surface area contributed by atoms with Crippen LogP contribution in [0.5, 0.6) is 0 Å². The summed E-state index contributed by atoms with van der Waals surface area (Å²) in [5.74, 6) is -0.214. The van der Waals surface area contributed by atoms with Gasteiger partial charge in [-0.2, -0.15) is 0 Å². The number of amides is 2. The summed E-state index contributed by atoms with van der Waals surface area (Å²) in [5.41, 5.74) is 0.501. The van der Waals surface area contributed by atoms with Crippen LogP contribution in [0, 0.1) is 0 Å². The fourth-order valence-corrected chi connectivity index (χ4v) is 2.46. The molecule has 20 heavy (non-hydrogen) atoms. The van der Waals surface area contributed by atoms with E-state index in [4.69, 9.17) is 16.3 Å². The lowest BCUT2D eigenvalue weighted by Crippen LogP contribution is -2.35. The average molecular weight is 295 g/mol. The van der Waals surface area contributed by atoms with Gasteiger partial charge >= 0.3 is 6.09 Å². The van der Waals surface area contributed by atoms with Gasteiger partial charge in [0.2, 0.25) is 0 Å². The minimum Gasteiger partial charge on any atom is -0.442 e. The van der Waals surface area contributed by atoms with Crippen molar-refractivity contribution in [2.75, 3.05) is 13.1 Å². The summed E-state index contributed by atoms with van der Waals surface area (Å²) in [5, 5.41) is 3.29. The molecule has 1 aromatic carbocycles. The topological polar surface area (TPSA) is 58.6 Å². The summed E-state index contributed by atoms with van der Waals surface area (Å²) in [6.07, 6.45) is 1.56. The van der Waals surface area contributed by atoms with E-state index in [0.717, 1.165) is 12.8 Å². The van der Waals surface area contributed by atoms with Crippen molar-refractivity contribution in [3.05, 3.63) is 34.9 Å². The van der Waals surface area contributed by atoms with Gasteiger partial charge in [-0.1, -0.05) is 17.7 Å². The number of cyclic esters (lactones) is 1. The second-order valence-electron chi connectivity index (χ2n) is 5.11. The van der Waals surface area contributed by atoms with Crippen molar-refractivity contribution in [3.8, 4) is 0 Å². The molecule has 0 bridgehead atoms. The molecule has 1 saturated carbocycles. The average Bonchev–Trinajstić information content (AvgIpc) is 3.20. The van der Waals surface area contributed by atoms with Crippen molar-refractivity contribution in [3.63, 3.8) is 0 Å². The number of rotatable bonds is 4. The Morgan fingerprint density at radius 1 is 1.45 bits per heavy atom. The molecule has 1 saturated heterocycles. The number of hydrogen-bond acceptors (Lipinski definition) is 3. The third-order valence-corrected chi connectivity index (χ3v) is 3.70. The van der Waals surface area contributed by atoms with Crippen LogP contribution in [0.25, 0.3) is 0 Å². The molecule has 0 spiro atoms. The number of carbonyl (C=O) groups excluding carboxylic acids is 2. The Kier molecular flexibility index (Phi) is 3.53. The SMILES string of the molecule is O=C(NCC1CN(C2CC2)C(=O)O1)c1cccc(Cl)c1. The number of hydrogen-bond donors (Lipinski definition) is 1. The van der Waals surface area contributed by atoms with E-state index in [1.165, 1.54) is 0 Å². The first-order chi connectivity index (χ1) is 9.63. The number of benzene rings is 1. The fraction of sp³-hybridized carbons (Fsp3) is 0.429. The maximum absolute atomic E-state index is 11.9. The van der Waals surface area contributed by atoms with Crippen LogP contribution in [-0.2, 0) is 4.74 Å². The first-order valence-corrected chi connectivity index (χ1v) is 7.02. The van der Waals surface area contributed by atoms with Gasteiger partial charge in [0.15, 0.2) is 0 Å². The van der Waals surface area contributed by atoms with Crippen molar-refractivity contribution in [2.24, 2.45) is 0 Å². The molecule has 1 aliphatic heterocycles. The predicted molar refractivity (Wildman–Crippen MR) is 73.8 cm³/mol. The smallest absolute Gasteiger partial charge is 0.410 e. The molecule has 1 heterocycles. The first kappa shape index (κ1) is 13.2. The molecule has 1 atom stereocenters. The molecule has 1 aliphatic carbocycles. The zero-order chi connectivity index (χ0) is 14.1. The minimum absolute atomic E-state index is 0.214. The third kappa shape index (κ3) is 2.88. The lowest BCUT2D eigenvalue weighted by molar-refractivity contribution is 0.0914. The standard InChI is InChI=1S/C14H15ClN2O3/c15-10-3-1-2-9(6-10)13(18)16-7-12-8-17(11-4-5-11)14(19)20-12/h1-3,6,11-12H,4-5,7-8H2,(H,16,18). The second-order valence-corrected chi connectivity index (χ2v) is 5.55. The highest BCUT2D eigenvalue weighted by Gasteiger charge is 2.40. The molecule has 2 fully saturated rings. The van der Waals surface area contributed by atoms with Gasteiger partial charge in [0.05, 0.1) is 13.1 Å². The van der Waals surface area contributed by atoms with Crippen LogP contribution in [0.4, 0.5) is 4.79 Å². The molecule has 3 rings (SSSR count). The van der Waals surface area contributed by atoms with E-state index < -0.39 is 0 Å². The summed E-state index contributed by atoms with van der Waals surface area (Å²) in [4.78, 5) is 25.3. The van der Waals surface area contributed by atoms with Crippen LogP contribution in [0.15, 0.2) is 24.3 Å². The van der Waals surface area contributed by atoms with Crippen LogP contribution in [0.2, 0.25) is 5.02 Å². The van der Waals surface area contributed by atoms with Crippen LogP contribution < -0.4 is 5.32 Å². The van der Waals surface area contributed by atoms with Crippen molar-refractivity contribution in [1.82, 2.24) is 10.2 Å². The normalized spacial score (nSPS) is 21.8. The quantitative estimate of drug-likeness (QED) is 0.924. The second kappa shape index (κ2) is 5.32. The Labute approximate surface area is 121 Å². The lowest BCUT2D eigenvalue weighted by Gasteiger charge is -2.11. The monoisotopic (exact) mass is 294 g/mol. The van der Waals surface area contributed by atoms with Gasteiger partial charge in [0, 0.05) is 16.6 Å². The molecule has 5 nitrogen and oxygen atoms in total. The molecule has 1 N–H and O–H groups in total. The summed E-state index contributed by atoms with van der Waals surface area (Å²) in [6.45, 7) is 0.875. The third-order valence-electron chi connectivity index (χ3n) is 3.47. The lowest BCUT2D eigenvalue weighted by atomic mass is 10.2. The molecule has 2 aliphatic rings. The largest absolute Gasteiger partial charge is 0.442 e.